The van der Waals surface area contributed by atoms with Gasteiger partial charge in [0.2, 0.25) is 0 Å². The number of carbonyl (C=O) groups is 3. The fraction of sp³-hybridized carbons (Fsp3) is 0.897. The Labute approximate surface area is 205 Å². The van der Waals surface area contributed by atoms with Gasteiger partial charge in [-0.15, -0.1) is 0 Å². The van der Waals surface area contributed by atoms with E-state index in [1.54, 1.807) is 0 Å². The lowest BCUT2D eigenvalue weighted by molar-refractivity contribution is -0.262. The third-order valence-electron chi connectivity index (χ3n) is 12.1. The summed E-state index contributed by atoms with van der Waals surface area (Å²) in [6, 6.07) is 0. The van der Waals surface area contributed by atoms with Crippen molar-refractivity contribution in [3.63, 3.8) is 0 Å². The number of hydrogen-bond acceptors (Lipinski definition) is 5. The summed E-state index contributed by atoms with van der Waals surface area (Å²) < 4.78 is 6.07. The minimum atomic E-state index is -0.836. The Balaban J connectivity index is 1.86. The molecule has 5 nitrogen and oxygen atoms in total. The van der Waals surface area contributed by atoms with Gasteiger partial charge in [-0.1, -0.05) is 47.5 Å². The predicted octanol–water partition coefficient (Wildman–Crippen LogP) is 5.37. The second-order valence-corrected chi connectivity index (χ2v) is 13.4. The Bertz CT molecular complexity index is 853. The molecule has 0 bridgehead atoms. The van der Waals surface area contributed by atoms with Crippen LogP contribution in [-0.4, -0.2) is 35.4 Å². The van der Waals surface area contributed by atoms with Crippen molar-refractivity contribution in [2.75, 3.05) is 0 Å². The van der Waals surface area contributed by atoms with E-state index in [1.807, 2.05) is 0 Å². The number of aldehydes is 1. The van der Waals surface area contributed by atoms with Crippen LogP contribution in [0, 0.1) is 51.2 Å². The Morgan fingerprint density at radius 1 is 0.971 bits per heavy atom. The van der Waals surface area contributed by atoms with Gasteiger partial charge in [0.05, 0.1) is 12.0 Å². The van der Waals surface area contributed by atoms with E-state index in [1.165, 1.54) is 39.5 Å². The molecule has 4 rings (SSSR count). The first-order chi connectivity index (χ1) is 15.8. The highest BCUT2D eigenvalue weighted by Crippen LogP contribution is 2.74. The standard InChI is InChI=1S/C29H46O5/c1-8-26(4)11-9-12-27(5)21(26)10-13-28(6)22(27)15-24(34-18(3)32)29(7)19(16-30)25(17(2)31)20(33)14-23(28)29/h16,19-25,33H,8-15H2,1-7H3/t19-,20-,21?,22?,23?,24-,25-,26?,27-,28+,29+/m0/s1. The van der Waals surface area contributed by atoms with Gasteiger partial charge in [0.25, 0.3) is 0 Å². The van der Waals surface area contributed by atoms with Crippen LogP contribution >= 0.6 is 0 Å². The molecule has 0 heterocycles. The molecule has 0 aromatic rings. The van der Waals surface area contributed by atoms with Crippen LogP contribution in [0.3, 0.4) is 0 Å². The minimum Gasteiger partial charge on any atom is -0.462 e. The van der Waals surface area contributed by atoms with Crippen molar-refractivity contribution in [3.8, 4) is 0 Å². The zero-order valence-electron chi connectivity index (χ0n) is 22.4. The van der Waals surface area contributed by atoms with Gasteiger partial charge in [0, 0.05) is 18.3 Å². The van der Waals surface area contributed by atoms with Crippen molar-refractivity contribution in [2.24, 2.45) is 51.2 Å². The van der Waals surface area contributed by atoms with E-state index >= 15 is 0 Å². The summed E-state index contributed by atoms with van der Waals surface area (Å²) in [5.74, 6) is -0.889. The predicted molar refractivity (Wildman–Crippen MR) is 131 cm³/mol. The average molecular weight is 475 g/mol. The summed E-state index contributed by atoms with van der Waals surface area (Å²) in [6.07, 6.45) is 7.91. The monoisotopic (exact) mass is 474 g/mol. The summed E-state index contributed by atoms with van der Waals surface area (Å²) in [6.45, 7) is 14.6. The number of carbonyl (C=O) groups excluding carboxylic acids is 3. The molecule has 192 valence electrons. The average Bonchev–Trinajstić information content (AvgIpc) is 2.75. The molecule has 5 heteroatoms. The zero-order valence-corrected chi connectivity index (χ0v) is 22.4. The number of esters is 1. The van der Waals surface area contributed by atoms with E-state index < -0.39 is 29.5 Å². The summed E-state index contributed by atoms with van der Waals surface area (Å²) >= 11 is 0. The Kier molecular flexibility index (Phi) is 6.40. The smallest absolute Gasteiger partial charge is 0.302 e. The maximum atomic E-state index is 12.6. The van der Waals surface area contributed by atoms with Crippen molar-refractivity contribution < 1.29 is 24.2 Å². The van der Waals surface area contributed by atoms with Gasteiger partial charge < -0.3 is 14.6 Å². The van der Waals surface area contributed by atoms with E-state index in [9.17, 15) is 19.5 Å². The maximum Gasteiger partial charge on any atom is 0.302 e. The van der Waals surface area contributed by atoms with E-state index in [-0.39, 0.29) is 28.5 Å². The molecule has 34 heavy (non-hydrogen) atoms. The molecule has 4 unspecified atom stereocenters. The largest absolute Gasteiger partial charge is 0.462 e. The molecule has 1 N–H and O–H groups in total. The first-order valence-electron chi connectivity index (χ1n) is 13.6. The number of Topliss-reactive ketones (excluding diaryl/α,β-unsaturated/α-hetero) is 1. The Morgan fingerprint density at radius 2 is 1.62 bits per heavy atom. The number of hydrogen-bond donors (Lipinski definition) is 1. The molecular weight excluding hydrogens is 428 g/mol. The summed E-state index contributed by atoms with van der Waals surface area (Å²) in [7, 11) is 0. The van der Waals surface area contributed by atoms with Gasteiger partial charge in [-0.3, -0.25) is 9.59 Å². The molecule has 4 aliphatic carbocycles. The topological polar surface area (TPSA) is 80.7 Å². The van der Waals surface area contributed by atoms with Crippen LogP contribution in [0.1, 0.15) is 99.8 Å². The number of aliphatic hydroxyl groups is 1. The van der Waals surface area contributed by atoms with E-state index in [0.717, 1.165) is 25.5 Å². The van der Waals surface area contributed by atoms with Crippen LogP contribution in [0.4, 0.5) is 0 Å². The molecule has 4 fully saturated rings. The van der Waals surface area contributed by atoms with Gasteiger partial charge in [0.1, 0.15) is 18.2 Å². The van der Waals surface area contributed by atoms with Crippen molar-refractivity contribution in [3.05, 3.63) is 0 Å². The third-order valence-corrected chi connectivity index (χ3v) is 12.1. The second-order valence-electron chi connectivity index (χ2n) is 13.4. The molecule has 4 aliphatic rings. The lowest BCUT2D eigenvalue weighted by atomic mass is 9.33. The van der Waals surface area contributed by atoms with E-state index in [2.05, 4.69) is 34.6 Å². The molecule has 0 amide bonds. The summed E-state index contributed by atoms with van der Waals surface area (Å²) in [5.41, 5.74) is -0.287. The van der Waals surface area contributed by atoms with Crippen molar-refractivity contribution in [1.82, 2.24) is 0 Å². The number of aliphatic hydroxyl groups excluding tert-OH is 1. The van der Waals surface area contributed by atoms with Crippen molar-refractivity contribution in [2.45, 2.75) is 112 Å². The van der Waals surface area contributed by atoms with Crippen LogP contribution < -0.4 is 0 Å². The van der Waals surface area contributed by atoms with Crippen LogP contribution in [0.15, 0.2) is 0 Å². The highest BCUT2D eigenvalue weighted by atomic mass is 16.5. The van der Waals surface area contributed by atoms with Gasteiger partial charge in [0.15, 0.2) is 0 Å². The first kappa shape index (κ1) is 25.9. The molecule has 0 spiro atoms. The van der Waals surface area contributed by atoms with Crippen molar-refractivity contribution in [1.29, 1.82) is 0 Å². The maximum absolute atomic E-state index is 12.6. The fourth-order valence-electron chi connectivity index (χ4n) is 10.4. The number of ether oxygens (including phenoxy) is 1. The fourth-order valence-corrected chi connectivity index (χ4v) is 10.4. The van der Waals surface area contributed by atoms with E-state index in [4.69, 9.17) is 4.74 Å². The van der Waals surface area contributed by atoms with E-state index in [0.29, 0.717) is 23.7 Å². The lowest BCUT2D eigenvalue weighted by Crippen LogP contribution is -2.69. The van der Waals surface area contributed by atoms with Crippen LogP contribution in [0.2, 0.25) is 0 Å². The van der Waals surface area contributed by atoms with Crippen LogP contribution in [-0.2, 0) is 19.1 Å². The quantitative estimate of drug-likeness (QED) is 0.438. The molecule has 0 radical (unpaired) electrons. The number of rotatable bonds is 4. The SMILES string of the molecule is CCC1(C)CCC[C@@]2(C)C1CC[C@]1(C)C2C[C@H](OC(C)=O)[C@@]2(C)C1C[C@H](O)[C@@H](C(C)=O)[C@@H]2C=O. The zero-order chi connectivity index (χ0) is 25.3. The second kappa shape index (κ2) is 8.42. The molecule has 4 saturated carbocycles. The summed E-state index contributed by atoms with van der Waals surface area (Å²) in [5, 5.41) is 11.2. The van der Waals surface area contributed by atoms with Crippen LogP contribution in [0.25, 0.3) is 0 Å². The highest BCUT2D eigenvalue weighted by molar-refractivity contribution is 5.83. The molecular formula is C29H46O5. The van der Waals surface area contributed by atoms with Crippen LogP contribution in [0.5, 0.6) is 0 Å². The van der Waals surface area contributed by atoms with Gasteiger partial charge in [-0.2, -0.15) is 0 Å². The van der Waals surface area contributed by atoms with Gasteiger partial charge in [-0.25, -0.2) is 0 Å². The normalized spacial score (nSPS) is 52.5. The number of ketones is 1. The highest BCUT2D eigenvalue weighted by Gasteiger charge is 2.71. The molecule has 0 aromatic carbocycles. The summed E-state index contributed by atoms with van der Waals surface area (Å²) in [4.78, 5) is 37.5. The lowest BCUT2D eigenvalue weighted by Gasteiger charge is -2.71. The van der Waals surface area contributed by atoms with Crippen molar-refractivity contribution >= 4 is 18.0 Å². The Morgan fingerprint density at radius 3 is 2.18 bits per heavy atom. The minimum absolute atomic E-state index is 0.0106. The Hall–Kier alpha value is -1.23. The molecule has 0 saturated heterocycles. The number of fused-ring (bicyclic) bond motifs is 5. The molecule has 11 atom stereocenters. The first-order valence-corrected chi connectivity index (χ1v) is 13.6. The van der Waals surface area contributed by atoms with Gasteiger partial charge in [-0.05, 0) is 79.4 Å². The molecule has 0 aliphatic heterocycles. The third kappa shape index (κ3) is 3.38. The van der Waals surface area contributed by atoms with Gasteiger partial charge >= 0.3 is 5.97 Å². The molecule has 0 aromatic heterocycles.